The number of hydrogen-bond acceptors (Lipinski definition) is 23. The summed E-state index contributed by atoms with van der Waals surface area (Å²) in [6, 6.07) is 63.9. The Labute approximate surface area is 918 Å². The molecule has 10 atom stereocenters. The van der Waals surface area contributed by atoms with Crippen molar-refractivity contribution in [1.82, 2.24) is 24.9 Å². The van der Waals surface area contributed by atoms with Crippen molar-refractivity contribution in [3.8, 4) is 74.7 Å². The molecule has 1 radical (unpaired) electrons. The number of amides is 1. The first-order valence-electron chi connectivity index (χ1n) is 53.5. The molecule has 144 heavy (non-hydrogen) atoms. The molecule has 0 saturated carbocycles. The molecular weight excluding hydrogens is 2220 g/mol. The van der Waals surface area contributed by atoms with E-state index < -0.39 is 105 Å². The Balaban J connectivity index is 0.000000211. The molecule has 11 aromatic rings. The van der Waals surface area contributed by atoms with E-state index in [0.29, 0.717) is 73.0 Å². The Hall–Kier alpha value is -9.47. The van der Waals surface area contributed by atoms with Crippen molar-refractivity contribution in [3.05, 3.63) is 327 Å². The summed E-state index contributed by atoms with van der Waals surface area (Å²) >= 11 is 9.69. The van der Waals surface area contributed by atoms with Crippen LogP contribution >= 0.6 is 64.0 Å². The van der Waals surface area contributed by atoms with E-state index in [1.54, 1.807) is 108 Å². The molecule has 11 aromatic carbocycles. The molecule has 0 spiro atoms. The third-order valence-electron chi connectivity index (χ3n) is 23.8. The predicted octanol–water partition coefficient (Wildman–Crippen LogP) is 22.3. The number of phenols is 1. The van der Waals surface area contributed by atoms with Crippen LogP contribution in [-0.4, -0.2) is 196 Å². The van der Waals surface area contributed by atoms with Gasteiger partial charge in [0.2, 0.25) is 32.9 Å². The molecule has 9 heterocycles. The van der Waals surface area contributed by atoms with Crippen LogP contribution in [0.2, 0.25) is 0 Å². The Morgan fingerprint density at radius 2 is 0.750 bits per heavy atom. The molecule has 1 amide bonds. The zero-order chi connectivity index (χ0) is 115. The molecule has 20 rings (SSSR count). The first-order valence-corrected chi connectivity index (χ1v) is 55.3. The number of ether oxygens (including phenoxy) is 12. The van der Waals surface area contributed by atoms with Crippen LogP contribution in [0.15, 0.2) is 260 Å². The molecule has 774 valence electrons. The fraction of sp³-hybridized carbons (Fsp3) is 0.352. The SMILES string of the molecule is Cl.O=C(Cl)Oc1ccccc1.[2H]C([2H])(O)[C@@H]1CN(C)CC[C@H]1c1ccc(F)cc1.[2H]C([2H])(OS(=O)(=O)c1ccccc1)[C@@H]1CN(C)CC[C@H]1c1ccc(F)cc1.[2H]C1([2H])Oc2ccc(O)cc2O1.[2H]C1([2H])Oc2ccc(OC([2H])([2H])[C@@H]3CN(C(C)=O)CC[C@H]3c3ccc(F)cc3)cc2O1.[2H]C1([2H])Oc2ccc(OC([2H])([2H])[C@@H]3CN(C)CC[C@H]3c3ccc(F)cc3)cc2O1.[2H]C1([2H])Oc2ccc(OC([2H])([2H])[C@@H]3CNCC[C@H]3c3ccc(F)cc3)cc2O1.[CH3-].[CH3-].[I][V][I].[V]. The maximum absolute atomic E-state index is 13.4. The van der Waals surface area contributed by atoms with Gasteiger partial charge in [-0.1, -0.05) is 97.1 Å². The molecular formula is C108H122Cl2F5I2N5O19SV2-2. The van der Waals surface area contributed by atoms with Crippen LogP contribution in [0.1, 0.15) is 121 Å². The van der Waals surface area contributed by atoms with Crippen LogP contribution in [0.4, 0.5) is 26.7 Å². The van der Waals surface area contributed by atoms with Gasteiger partial charge in [-0.3, -0.25) is 8.98 Å². The van der Waals surface area contributed by atoms with E-state index in [0.717, 1.165) is 66.8 Å². The summed E-state index contributed by atoms with van der Waals surface area (Å²) in [7, 11) is 2.09. The maximum Gasteiger partial charge on any atom is 0 e. The Morgan fingerprint density at radius 3 is 1.12 bits per heavy atom. The van der Waals surface area contributed by atoms with Crippen LogP contribution in [0.3, 0.4) is 0 Å². The van der Waals surface area contributed by atoms with Gasteiger partial charge in [-0.05, 0) is 270 Å². The van der Waals surface area contributed by atoms with E-state index in [9.17, 15) is 45.1 Å². The molecule has 36 heteroatoms. The summed E-state index contributed by atoms with van der Waals surface area (Å²) in [4.78, 5) is 29.6. The monoisotopic (exact) mass is 2360 g/mol. The van der Waals surface area contributed by atoms with Gasteiger partial charge in [-0.15, -0.1) is 12.4 Å². The summed E-state index contributed by atoms with van der Waals surface area (Å²) < 4.78 is 301. The third-order valence-corrected chi connectivity index (χ3v) is 25.0. The number of rotatable bonds is 20. The zero-order valence-corrected chi connectivity index (χ0v) is 88.5. The van der Waals surface area contributed by atoms with Crippen molar-refractivity contribution in [1.29, 1.82) is 0 Å². The Kier molecular flexibility index (Phi) is 38.9. The number of fused-ring (bicyclic) bond motifs is 4. The number of likely N-dealkylation sites (tertiary alicyclic amines) is 4. The summed E-state index contributed by atoms with van der Waals surface area (Å²) in [6.07, 6.45) is 3.35. The van der Waals surface area contributed by atoms with Crippen LogP contribution in [0, 0.1) is 73.5 Å². The molecule has 0 aliphatic carbocycles. The van der Waals surface area contributed by atoms with Gasteiger partial charge in [0.25, 0.3) is 10.1 Å². The molecule has 5 saturated heterocycles. The van der Waals surface area contributed by atoms with Crippen molar-refractivity contribution < 1.29 is 164 Å². The number of nitrogens with zero attached hydrogens (tertiary/aromatic N) is 4. The van der Waals surface area contributed by atoms with E-state index in [1.807, 2.05) is 37.0 Å². The van der Waals surface area contributed by atoms with Crippen LogP contribution < -0.4 is 62.2 Å². The van der Waals surface area contributed by atoms with Crippen molar-refractivity contribution in [2.75, 3.05) is 146 Å². The van der Waals surface area contributed by atoms with E-state index in [4.69, 9.17) is 97.7 Å². The number of carbonyl (C=O) groups excluding carboxylic acids is 2. The number of aromatic hydroxyl groups is 1. The molecule has 0 aromatic heterocycles. The fourth-order valence-corrected chi connectivity index (χ4v) is 17.5. The minimum atomic E-state index is -4.25. The number of nitrogens with one attached hydrogen (secondary N) is 1. The quantitative estimate of drug-likeness (QED) is 0.0211. The van der Waals surface area contributed by atoms with Crippen molar-refractivity contribution in [2.24, 2.45) is 29.6 Å². The van der Waals surface area contributed by atoms with E-state index in [-0.39, 0.29) is 185 Å². The number of carbonyl (C=O) groups is 2. The minimum Gasteiger partial charge on any atom is 0 e. The van der Waals surface area contributed by atoms with Gasteiger partial charge in [0.1, 0.15) is 68.8 Å². The van der Waals surface area contributed by atoms with Gasteiger partial charge in [-0.25, -0.2) is 26.7 Å². The van der Waals surface area contributed by atoms with Crippen LogP contribution in [0.25, 0.3) is 0 Å². The van der Waals surface area contributed by atoms with Gasteiger partial charge < -0.3 is 107 Å². The van der Waals surface area contributed by atoms with Crippen LogP contribution in [0.5, 0.6) is 74.7 Å². The molecule has 3 N–H and O–H groups in total. The second-order valence-electron chi connectivity index (χ2n) is 33.3. The van der Waals surface area contributed by atoms with Gasteiger partial charge in [0, 0.05) is 137 Å². The number of para-hydroxylation sites is 1. The zero-order valence-electron chi connectivity index (χ0n) is 97.0. The van der Waals surface area contributed by atoms with Gasteiger partial charge >= 0.3 is 54.9 Å². The summed E-state index contributed by atoms with van der Waals surface area (Å²) in [5.74, 6) is -2.90. The molecule has 9 aliphatic rings. The number of hydrogen-bond donors (Lipinski definition) is 3. The summed E-state index contributed by atoms with van der Waals surface area (Å²) in [5, 5.41) is 21.9. The van der Waals surface area contributed by atoms with Gasteiger partial charge in [0.15, 0.2) is 46.0 Å². The number of halogens is 9. The van der Waals surface area contributed by atoms with E-state index in [2.05, 4.69) is 54.9 Å². The molecule has 0 bridgehead atoms. The molecule has 0 unspecified atom stereocenters. The minimum absolute atomic E-state index is 0. The first-order chi connectivity index (χ1) is 74.2. The number of aliphatic hydroxyl groups is 1. The van der Waals surface area contributed by atoms with E-state index >= 15 is 0 Å². The average Bonchev–Trinajstić information content (AvgIpc) is 1.21. The van der Waals surface area contributed by atoms with Gasteiger partial charge in [-0.2, -0.15) is 8.42 Å². The number of benzene rings is 11. The van der Waals surface area contributed by atoms with Crippen molar-refractivity contribution >= 4 is 85.4 Å². The largest absolute Gasteiger partial charge is 0 e. The number of piperidine rings is 5. The van der Waals surface area contributed by atoms with E-state index in [1.165, 1.54) is 153 Å². The van der Waals surface area contributed by atoms with Crippen molar-refractivity contribution in [2.45, 2.75) is 73.5 Å². The second kappa shape index (κ2) is 60.1. The smallest absolute Gasteiger partial charge is 0 e. The summed E-state index contributed by atoms with van der Waals surface area (Å²) in [6.45, 7) is -12.8. The van der Waals surface area contributed by atoms with Crippen molar-refractivity contribution in [3.63, 3.8) is 0 Å². The normalized spacial score (nSPS) is 23.9. The average molecular weight is 2370 g/mol. The van der Waals surface area contributed by atoms with Gasteiger partial charge in [0.05, 0.1) is 44.8 Å². The van der Waals surface area contributed by atoms with Crippen LogP contribution in [-0.2, 0) is 47.1 Å². The molecule has 24 nitrogen and oxygen atoms in total. The molecule has 5 fully saturated rings. The second-order valence-corrected chi connectivity index (χ2v) is 46.9. The topological polar surface area (TPSA) is 254 Å². The standard InChI is InChI=1S/C21H22FNO4.C20H22FNO3.C19H22FNO3S.C19H20FNO3.C13H18FNO.C7H5ClO2.C7H6O3.2CH3.ClH.2HI.2V/c1-14(24)23-9-8-19(15-2-4-17(22)5-3-15)16(11-23)12-25-18-6-7-20-21(10-18)27-13-26-20;1-22-9-8-18(14-2-4-16(21)5-3-14)15(11-22)12-23-17-6-7-19-20(10-17)25-13-24-19;1-21-12-11-19(15-7-9-17(20)10-8-15)16(13-21)14-24-25(22,23)18-5-3-2-4-6-18;20-15-3-1-13(2-4-15)17-7-8-21-10-14(17)11-22-16-5-6-18-19(9-16)24-12-23-18;1-15-7-6-13(11(8-15)9-16)10-2-4-12(14)5-3-10;8-7(9)10-6-4-2-1-3-5-6;8-5-1-2-6-7(3-5)10-4-9-6;;;;;;;/h2-7,10,16,19H,8-9,11-13H2,1H3;2-7,10,15,18H,8-9,11-13H2,1H3;2-10,16,19H,11-14H2,1H3;1-6,9,14,17,21H,7-8,10-12H2;2-5,11,13,16H,6-9H2,1H3;1-5H;1-3,8H,4H2;2*1H3;3*1H;;/q;;;;;;;2*-1;;;;;+2/p-2/t16-,19-;15-,18-;16-,19-;14-,17-;11-,13-;;;;;;;;;/m00000........./s1/i2*12D2,13D2;14D2;11D2,12D2;9D2;;4D2;;;;;;;. The fourth-order valence-electron chi connectivity index (χ4n) is 16.6. The predicted molar refractivity (Wildman–Crippen MR) is 555 cm³/mol. The third kappa shape index (κ3) is 36.0. The maximum atomic E-state index is 13.4. The Bertz CT molecular complexity index is 6780. The summed E-state index contributed by atoms with van der Waals surface area (Å²) in [5.41, 5.74) is 3.40. The number of phenolic OH excluding ortho intramolecular Hbond substituents is 1. The first kappa shape index (κ1) is 93.1. The Morgan fingerprint density at radius 1 is 0.438 bits per heavy atom. The molecule has 9 aliphatic heterocycles.